The Kier molecular flexibility index (Phi) is 3.48. The number of halogens is 1. The molecule has 1 atom stereocenters. The van der Waals surface area contributed by atoms with Crippen molar-refractivity contribution in [2.24, 2.45) is 0 Å². The van der Waals surface area contributed by atoms with Crippen LogP contribution in [0.25, 0.3) is 0 Å². The van der Waals surface area contributed by atoms with Crippen LogP contribution in [0.4, 0.5) is 0 Å². The topological polar surface area (TPSA) is 55.1 Å². The fraction of sp³-hybridized carbons (Fsp3) is 0.500. The standard InChI is InChI=1S/C8H11BrN2O2/c1-5-3-7(13-11-5)8(12)10-6(2)4-9/h3,6H,4H2,1-2H3,(H,10,12). The van der Waals surface area contributed by atoms with Gasteiger partial charge in [-0.3, -0.25) is 4.79 Å². The molecule has 0 bridgehead atoms. The van der Waals surface area contributed by atoms with Gasteiger partial charge in [-0.1, -0.05) is 21.1 Å². The maximum atomic E-state index is 11.4. The van der Waals surface area contributed by atoms with Gasteiger partial charge in [-0.2, -0.15) is 0 Å². The van der Waals surface area contributed by atoms with Crippen LogP contribution in [0.2, 0.25) is 0 Å². The van der Waals surface area contributed by atoms with Crippen LogP contribution in [0.5, 0.6) is 0 Å². The third-order valence-electron chi connectivity index (χ3n) is 1.46. The van der Waals surface area contributed by atoms with E-state index in [1.807, 2.05) is 6.92 Å². The number of amides is 1. The molecule has 1 rings (SSSR count). The van der Waals surface area contributed by atoms with Crippen molar-refractivity contribution >= 4 is 21.8 Å². The maximum Gasteiger partial charge on any atom is 0.290 e. The minimum atomic E-state index is -0.229. The molecular weight excluding hydrogens is 236 g/mol. The molecule has 13 heavy (non-hydrogen) atoms. The summed E-state index contributed by atoms with van der Waals surface area (Å²) in [6.45, 7) is 3.67. The molecule has 1 unspecified atom stereocenters. The second-order valence-electron chi connectivity index (χ2n) is 2.86. The van der Waals surface area contributed by atoms with Gasteiger partial charge >= 0.3 is 0 Å². The number of rotatable bonds is 3. The van der Waals surface area contributed by atoms with Gasteiger partial charge in [-0.25, -0.2) is 0 Å². The highest BCUT2D eigenvalue weighted by Crippen LogP contribution is 2.02. The molecule has 0 saturated carbocycles. The molecule has 0 spiro atoms. The third-order valence-corrected chi connectivity index (χ3v) is 2.43. The van der Waals surface area contributed by atoms with Gasteiger partial charge in [0.05, 0.1) is 5.69 Å². The highest BCUT2D eigenvalue weighted by atomic mass is 79.9. The maximum absolute atomic E-state index is 11.4. The molecule has 5 heteroatoms. The molecule has 0 saturated heterocycles. The first kappa shape index (κ1) is 10.2. The highest BCUT2D eigenvalue weighted by Gasteiger charge is 2.12. The van der Waals surface area contributed by atoms with Crippen molar-refractivity contribution in [3.05, 3.63) is 17.5 Å². The number of nitrogens with one attached hydrogen (secondary N) is 1. The van der Waals surface area contributed by atoms with Gasteiger partial charge in [-0.15, -0.1) is 0 Å². The van der Waals surface area contributed by atoms with Gasteiger partial charge in [0.15, 0.2) is 0 Å². The van der Waals surface area contributed by atoms with Gasteiger partial charge < -0.3 is 9.84 Å². The molecule has 1 heterocycles. The van der Waals surface area contributed by atoms with Crippen LogP contribution in [0.15, 0.2) is 10.6 Å². The second-order valence-corrected chi connectivity index (χ2v) is 3.51. The summed E-state index contributed by atoms with van der Waals surface area (Å²) in [4.78, 5) is 11.4. The molecule has 1 amide bonds. The number of alkyl halides is 1. The lowest BCUT2D eigenvalue weighted by atomic mass is 10.3. The Morgan fingerprint density at radius 3 is 3.00 bits per heavy atom. The smallest absolute Gasteiger partial charge is 0.290 e. The Hall–Kier alpha value is -0.840. The predicted molar refractivity (Wildman–Crippen MR) is 52.0 cm³/mol. The minimum absolute atomic E-state index is 0.0814. The Morgan fingerprint density at radius 2 is 2.54 bits per heavy atom. The van der Waals surface area contributed by atoms with E-state index in [0.29, 0.717) is 11.0 Å². The molecule has 0 fully saturated rings. The number of hydrogen-bond donors (Lipinski definition) is 1. The van der Waals surface area contributed by atoms with Crippen LogP contribution in [-0.2, 0) is 0 Å². The van der Waals surface area contributed by atoms with Crippen molar-refractivity contribution in [2.75, 3.05) is 5.33 Å². The monoisotopic (exact) mass is 246 g/mol. The van der Waals surface area contributed by atoms with E-state index in [1.165, 1.54) is 0 Å². The van der Waals surface area contributed by atoms with E-state index < -0.39 is 0 Å². The first-order valence-corrected chi connectivity index (χ1v) is 5.05. The molecule has 1 aromatic heterocycles. The Morgan fingerprint density at radius 1 is 1.85 bits per heavy atom. The average molecular weight is 247 g/mol. The fourth-order valence-electron chi connectivity index (χ4n) is 0.804. The summed E-state index contributed by atoms with van der Waals surface area (Å²) in [5.74, 6) is 0.0258. The molecule has 1 N–H and O–H groups in total. The number of carbonyl (C=O) groups is 1. The van der Waals surface area contributed by atoms with Crippen molar-refractivity contribution in [1.29, 1.82) is 0 Å². The van der Waals surface area contributed by atoms with Crippen LogP contribution in [-0.4, -0.2) is 22.4 Å². The summed E-state index contributed by atoms with van der Waals surface area (Å²) < 4.78 is 4.79. The molecular formula is C8H11BrN2O2. The Labute approximate surface area is 84.8 Å². The average Bonchev–Trinajstić information content (AvgIpc) is 2.51. The van der Waals surface area contributed by atoms with Gasteiger partial charge in [0.2, 0.25) is 5.76 Å². The summed E-state index contributed by atoms with van der Waals surface area (Å²) >= 11 is 3.26. The SMILES string of the molecule is Cc1cc(C(=O)NC(C)CBr)on1. The zero-order chi connectivity index (χ0) is 9.84. The largest absolute Gasteiger partial charge is 0.351 e. The van der Waals surface area contributed by atoms with E-state index in [1.54, 1.807) is 13.0 Å². The van der Waals surface area contributed by atoms with Crippen molar-refractivity contribution in [3.63, 3.8) is 0 Å². The van der Waals surface area contributed by atoms with Crippen molar-refractivity contribution in [2.45, 2.75) is 19.9 Å². The zero-order valence-electron chi connectivity index (χ0n) is 7.50. The van der Waals surface area contributed by atoms with Gasteiger partial charge in [0.1, 0.15) is 0 Å². The lowest BCUT2D eigenvalue weighted by Crippen LogP contribution is -2.33. The molecule has 4 nitrogen and oxygen atoms in total. The minimum Gasteiger partial charge on any atom is -0.351 e. The van der Waals surface area contributed by atoms with Gasteiger partial charge in [0.25, 0.3) is 5.91 Å². The molecule has 0 aromatic carbocycles. The molecule has 0 aliphatic rings. The van der Waals surface area contributed by atoms with Crippen LogP contribution in [0.1, 0.15) is 23.2 Å². The van der Waals surface area contributed by atoms with Gasteiger partial charge in [-0.05, 0) is 13.8 Å². The quantitative estimate of drug-likeness (QED) is 0.823. The van der Waals surface area contributed by atoms with Crippen molar-refractivity contribution in [1.82, 2.24) is 10.5 Å². The highest BCUT2D eigenvalue weighted by molar-refractivity contribution is 9.09. The Bertz CT molecular complexity index is 298. The number of aryl methyl sites for hydroxylation is 1. The molecule has 0 radical (unpaired) electrons. The van der Waals surface area contributed by atoms with E-state index in [4.69, 9.17) is 4.52 Å². The summed E-state index contributed by atoms with van der Waals surface area (Å²) in [5, 5.41) is 7.08. The summed E-state index contributed by atoms with van der Waals surface area (Å²) in [7, 11) is 0. The lowest BCUT2D eigenvalue weighted by molar-refractivity contribution is 0.0906. The molecule has 0 aliphatic carbocycles. The first-order valence-electron chi connectivity index (χ1n) is 3.93. The molecule has 72 valence electrons. The molecule has 1 aromatic rings. The summed E-state index contributed by atoms with van der Waals surface area (Å²) in [5.41, 5.74) is 0.705. The van der Waals surface area contributed by atoms with E-state index in [2.05, 4.69) is 26.4 Å². The van der Waals surface area contributed by atoms with E-state index in [9.17, 15) is 4.79 Å². The first-order chi connectivity index (χ1) is 6.13. The van der Waals surface area contributed by atoms with Gasteiger partial charge in [0, 0.05) is 17.4 Å². The van der Waals surface area contributed by atoms with E-state index in [0.717, 1.165) is 0 Å². The number of nitrogens with zero attached hydrogens (tertiary/aromatic N) is 1. The molecule has 0 aliphatic heterocycles. The van der Waals surface area contributed by atoms with Crippen LogP contribution < -0.4 is 5.32 Å². The zero-order valence-corrected chi connectivity index (χ0v) is 9.09. The predicted octanol–water partition coefficient (Wildman–Crippen LogP) is 1.50. The van der Waals surface area contributed by atoms with E-state index in [-0.39, 0.29) is 17.7 Å². The van der Waals surface area contributed by atoms with Crippen LogP contribution in [0.3, 0.4) is 0 Å². The van der Waals surface area contributed by atoms with Crippen molar-refractivity contribution < 1.29 is 9.32 Å². The van der Waals surface area contributed by atoms with Crippen molar-refractivity contribution in [3.8, 4) is 0 Å². The third kappa shape index (κ3) is 2.84. The summed E-state index contributed by atoms with van der Waals surface area (Å²) in [6.07, 6.45) is 0. The van der Waals surface area contributed by atoms with Crippen LogP contribution >= 0.6 is 15.9 Å². The fourth-order valence-corrected chi connectivity index (χ4v) is 0.966. The van der Waals surface area contributed by atoms with Crippen LogP contribution in [0, 0.1) is 6.92 Å². The Balaban J connectivity index is 2.58. The van der Waals surface area contributed by atoms with E-state index >= 15 is 0 Å². The second kappa shape index (κ2) is 4.41. The number of hydrogen-bond acceptors (Lipinski definition) is 3. The number of carbonyl (C=O) groups excluding carboxylic acids is 1. The lowest BCUT2D eigenvalue weighted by Gasteiger charge is -2.07. The normalized spacial score (nSPS) is 12.5. The number of aromatic nitrogens is 1. The summed E-state index contributed by atoms with van der Waals surface area (Å²) in [6, 6.07) is 1.69.